The summed E-state index contributed by atoms with van der Waals surface area (Å²) >= 11 is 0. The molecule has 7 heteroatoms. The van der Waals surface area contributed by atoms with E-state index in [0.717, 1.165) is 89.4 Å². The summed E-state index contributed by atoms with van der Waals surface area (Å²) in [4.78, 5) is 38.4. The van der Waals surface area contributed by atoms with Gasteiger partial charge >= 0.3 is 40.8 Å². The van der Waals surface area contributed by atoms with Crippen molar-refractivity contribution >= 4 is 57.9 Å². The van der Waals surface area contributed by atoms with Crippen molar-refractivity contribution in [1.82, 2.24) is 19.9 Å². The van der Waals surface area contributed by atoms with Gasteiger partial charge in [0.1, 0.15) is 11.6 Å². The third-order valence-electron chi connectivity index (χ3n) is 9.50. The van der Waals surface area contributed by atoms with Gasteiger partial charge in [-0.1, -0.05) is 121 Å². The van der Waals surface area contributed by atoms with Gasteiger partial charge in [0.25, 0.3) is 0 Å². The van der Waals surface area contributed by atoms with Gasteiger partial charge < -0.3 is 9.97 Å². The first-order chi connectivity index (χ1) is 26.9. The van der Waals surface area contributed by atoms with E-state index in [1.165, 1.54) is 13.8 Å². The molecule has 0 atom stereocenters. The second-order valence-corrected chi connectivity index (χ2v) is 13.5. The van der Waals surface area contributed by atoms with Gasteiger partial charge in [0, 0.05) is 44.3 Å². The maximum atomic E-state index is 10.0. The van der Waals surface area contributed by atoms with Gasteiger partial charge in [-0.3, -0.25) is 9.59 Å². The molecule has 0 saturated carbocycles. The van der Waals surface area contributed by atoms with Crippen LogP contribution in [0.4, 0.5) is 0 Å². The Labute approximate surface area is 358 Å². The molecule has 0 fully saturated rings. The quantitative estimate of drug-likeness (QED) is 0.163. The fraction of sp³-hybridized carbons (Fsp3) is 0.0612. The summed E-state index contributed by atoms with van der Waals surface area (Å²) in [5.74, 6) is -0.125. The third kappa shape index (κ3) is 8.22. The van der Waals surface area contributed by atoms with Crippen LogP contribution in [-0.2, 0) is 9.59 Å². The number of aromatic nitrogens is 4. The molecule has 9 rings (SSSR count). The van der Waals surface area contributed by atoms with Crippen molar-refractivity contribution in [2.24, 2.45) is 0 Å². The van der Waals surface area contributed by atoms with E-state index < -0.39 is 0 Å². The number of carbonyl (C=O) groups is 2. The third-order valence-corrected chi connectivity index (χ3v) is 9.50. The molecule has 3 aromatic heterocycles. The van der Waals surface area contributed by atoms with Crippen molar-refractivity contribution in [3.63, 3.8) is 0 Å². The number of benzene rings is 4. The number of ketones is 2. The van der Waals surface area contributed by atoms with Crippen LogP contribution in [0.2, 0.25) is 0 Å². The average molecular weight is 859 g/mol. The van der Waals surface area contributed by atoms with E-state index >= 15 is 0 Å². The number of hydrogen-bond donors (Lipinski definition) is 2. The zero-order chi connectivity index (χ0) is 37.7. The summed E-state index contributed by atoms with van der Waals surface area (Å²) in [6.07, 6.45) is 8.58. The van der Waals surface area contributed by atoms with Crippen LogP contribution in [0.15, 0.2) is 146 Å². The molecule has 0 aliphatic carbocycles. The molecule has 0 spiro atoms. The molecule has 4 aromatic carbocycles. The molecular formula is C49H38N4NdO2+3. The van der Waals surface area contributed by atoms with Crippen molar-refractivity contribution in [3.8, 4) is 44.5 Å². The average Bonchev–Trinajstić information content (AvgIpc) is 4.04. The van der Waals surface area contributed by atoms with Gasteiger partial charge in [-0.2, -0.15) is 0 Å². The smallest absolute Gasteiger partial charge is 0.354 e. The number of hydrogen-bond acceptors (Lipinski definition) is 4. The molecule has 0 saturated heterocycles. The van der Waals surface area contributed by atoms with E-state index in [-0.39, 0.29) is 58.8 Å². The Balaban J connectivity index is 0.000000552. The first-order valence-electron chi connectivity index (χ1n) is 18.3. The Morgan fingerprint density at radius 2 is 0.661 bits per heavy atom. The van der Waals surface area contributed by atoms with Crippen LogP contribution in [-0.4, -0.2) is 31.5 Å². The van der Waals surface area contributed by atoms with Crippen LogP contribution >= 0.6 is 0 Å². The van der Waals surface area contributed by atoms with E-state index in [1.807, 2.05) is 18.2 Å². The van der Waals surface area contributed by atoms with Crippen LogP contribution in [0.25, 0.3) is 90.9 Å². The van der Waals surface area contributed by atoms with Crippen molar-refractivity contribution in [1.29, 1.82) is 0 Å². The Kier molecular flexibility index (Phi) is 11.9. The fourth-order valence-electron chi connectivity index (χ4n) is 7.19. The van der Waals surface area contributed by atoms with Gasteiger partial charge in [-0.05, 0) is 84.7 Å². The molecule has 56 heavy (non-hydrogen) atoms. The SMILES string of the molecule is C1=Cc2nc1c(-c1ccccc1)c1nc(c(-c3ccccc3)c3ccc([nH]3)c(-c3ccccc3)c3ccc([nH]3)c2-c2ccccc2)C=C1.CC(=O)CC(C)=O.[Nd+3]. The molecule has 267 valence electrons. The molecule has 2 N–H and O–H groups in total. The van der Waals surface area contributed by atoms with Crippen LogP contribution < -0.4 is 0 Å². The molecule has 5 heterocycles. The van der Waals surface area contributed by atoms with Crippen molar-refractivity contribution in [3.05, 3.63) is 168 Å². The molecular weight excluding hydrogens is 821 g/mol. The largest absolute Gasteiger partial charge is 3.00 e. The maximum Gasteiger partial charge on any atom is 3.00 e. The molecule has 2 aliphatic heterocycles. The zero-order valence-electron chi connectivity index (χ0n) is 31.1. The van der Waals surface area contributed by atoms with Crippen LogP contribution in [0.3, 0.4) is 0 Å². The first kappa shape index (κ1) is 38.4. The minimum Gasteiger partial charge on any atom is -0.354 e. The molecule has 8 bridgehead atoms. The fourth-order valence-corrected chi connectivity index (χ4v) is 7.19. The summed E-state index contributed by atoms with van der Waals surface area (Å²) in [6.45, 7) is 2.81. The molecule has 0 amide bonds. The number of nitrogens with one attached hydrogen (secondary N) is 2. The Bertz CT molecular complexity index is 2620. The minimum atomic E-state index is -0.0625. The minimum absolute atomic E-state index is 0. The van der Waals surface area contributed by atoms with Crippen molar-refractivity contribution in [2.45, 2.75) is 20.3 Å². The Hall–Kier alpha value is -5.83. The van der Waals surface area contributed by atoms with Crippen LogP contribution in [0.1, 0.15) is 43.0 Å². The number of carbonyl (C=O) groups excluding carboxylic acids is 2. The summed E-state index contributed by atoms with van der Waals surface area (Å²) in [6, 6.07) is 50.7. The number of H-pyrrole nitrogens is 2. The summed E-state index contributed by atoms with van der Waals surface area (Å²) in [5, 5.41) is 0. The summed E-state index contributed by atoms with van der Waals surface area (Å²) in [5.41, 5.74) is 16.2. The van der Waals surface area contributed by atoms with Gasteiger partial charge in [-0.15, -0.1) is 0 Å². The van der Waals surface area contributed by atoms with E-state index in [4.69, 9.17) is 9.97 Å². The molecule has 2 aliphatic rings. The topological polar surface area (TPSA) is 91.5 Å². The molecule has 0 unspecified atom stereocenters. The summed E-state index contributed by atoms with van der Waals surface area (Å²) in [7, 11) is 0. The van der Waals surface area contributed by atoms with Gasteiger partial charge in [-0.25, -0.2) is 9.97 Å². The molecule has 7 aromatic rings. The molecule has 1 radical (unpaired) electrons. The van der Waals surface area contributed by atoms with E-state index in [9.17, 15) is 9.59 Å². The van der Waals surface area contributed by atoms with Crippen LogP contribution in [0, 0.1) is 40.8 Å². The Morgan fingerprint density at radius 1 is 0.393 bits per heavy atom. The number of nitrogens with zero attached hydrogens (tertiary/aromatic N) is 2. The predicted molar refractivity (Wildman–Crippen MR) is 227 cm³/mol. The monoisotopic (exact) mass is 856 g/mol. The predicted octanol–water partition coefficient (Wildman–Crippen LogP) is 11.9. The first-order valence-corrected chi connectivity index (χ1v) is 18.3. The number of fused-ring (bicyclic) bond motifs is 8. The normalized spacial score (nSPS) is 11.3. The summed E-state index contributed by atoms with van der Waals surface area (Å²) < 4.78 is 0. The molecule has 6 nitrogen and oxygen atoms in total. The van der Waals surface area contributed by atoms with E-state index in [1.54, 1.807) is 0 Å². The van der Waals surface area contributed by atoms with Gasteiger partial charge in [0.05, 0.1) is 29.2 Å². The number of Topliss-reactive ketones (excluding diaryl/α,β-unsaturated/α-hetero) is 2. The zero-order valence-corrected chi connectivity index (χ0v) is 34.3. The van der Waals surface area contributed by atoms with Gasteiger partial charge in [0.15, 0.2) is 0 Å². The second kappa shape index (κ2) is 17.3. The van der Waals surface area contributed by atoms with E-state index in [2.05, 4.69) is 162 Å². The Morgan fingerprint density at radius 3 is 0.964 bits per heavy atom. The van der Waals surface area contributed by atoms with Gasteiger partial charge in [0.2, 0.25) is 0 Å². The second-order valence-electron chi connectivity index (χ2n) is 13.5. The van der Waals surface area contributed by atoms with Crippen molar-refractivity contribution in [2.75, 3.05) is 0 Å². The number of rotatable bonds is 6. The van der Waals surface area contributed by atoms with E-state index in [0.29, 0.717) is 0 Å². The van der Waals surface area contributed by atoms with Crippen LogP contribution in [0.5, 0.6) is 0 Å². The van der Waals surface area contributed by atoms with Crippen molar-refractivity contribution < 1.29 is 50.4 Å². The maximum absolute atomic E-state index is 10.0. The standard InChI is InChI=1S/C44H30N4.C5H8O2.Nd/c1-5-13-29(14-6-1)41-33-21-23-35(45-33)42(30-15-7-2-8-16-30)37-25-27-39(47-37)44(32-19-11-4-12-20-32)40-28-26-38(48-40)43(31-17-9-3-10-18-31)36-24-22-34(41)46-36;1-4(6)3-5(2)7;/h1-28,45-46H;3H2,1-2H3;/q;;+3. The number of aromatic amines is 2.